The van der Waals surface area contributed by atoms with E-state index in [0.29, 0.717) is 52.3 Å². The molecular formula is C28H27N3O5S. The third-order valence-electron chi connectivity index (χ3n) is 5.96. The number of hydrogen-bond acceptors (Lipinski definition) is 8. The van der Waals surface area contributed by atoms with Crippen molar-refractivity contribution >= 4 is 33.3 Å². The zero-order valence-corrected chi connectivity index (χ0v) is 21.7. The molecule has 0 saturated carbocycles. The number of para-hydroxylation sites is 1. The molecule has 37 heavy (non-hydrogen) atoms. The molecule has 8 nitrogen and oxygen atoms in total. The number of benzene rings is 2. The maximum Gasteiger partial charge on any atom is 0.297 e. The molecule has 1 amide bonds. The minimum absolute atomic E-state index is 0.0132. The maximum absolute atomic E-state index is 13.8. The number of nitrogens with zero attached hydrogens (tertiary/aromatic N) is 3. The summed E-state index contributed by atoms with van der Waals surface area (Å²) in [4.78, 5) is 29.1. The average Bonchev–Trinajstić information content (AvgIpc) is 3.45. The fourth-order valence-electron chi connectivity index (χ4n) is 4.44. The summed E-state index contributed by atoms with van der Waals surface area (Å²) < 4.78 is 17.6. The highest BCUT2D eigenvalue weighted by atomic mass is 32.1. The van der Waals surface area contributed by atoms with Gasteiger partial charge in [-0.1, -0.05) is 56.0 Å². The second kappa shape index (κ2) is 10.2. The zero-order valence-electron chi connectivity index (χ0n) is 20.9. The van der Waals surface area contributed by atoms with Crippen LogP contribution in [0, 0.1) is 5.92 Å². The molecular weight excluding hydrogens is 490 g/mol. The van der Waals surface area contributed by atoms with Gasteiger partial charge < -0.3 is 13.9 Å². The van der Waals surface area contributed by atoms with E-state index in [1.54, 1.807) is 42.5 Å². The van der Waals surface area contributed by atoms with Crippen molar-refractivity contribution in [3.05, 3.63) is 87.2 Å². The number of aromatic nitrogens is 2. The quantitative estimate of drug-likeness (QED) is 0.268. The van der Waals surface area contributed by atoms with Crippen molar-refractivity contribution in [2.45, 2.75) is 33.2 Å². The van der Waals surface area contributed by atoms with Gasteiger partial charge in [-0.05, 0) is 42.7 Å². The lowest BCUT2D eigenvalue weighted by molar-refractivity contribution is 0.0970. The van der Waals surface area contributed by atoms with Crippen molar-refractivity contribution in [1.82, 2.24) is 10.2 Å². The first-order chi connectivity index (χ1) is 17.9. The van der Waals surface area contributed by atoms with Gasteiger partial charge in [-0.25, -0.2) is 0 Å². The van der Waals surface area contributed by atoms with Crippen LogP contribution in [0.4, 0.5) is 5.13 Å². The van der Waals surface area contributed by atoms with E-state index in [9.17, 15) is 9.59 Å². The summed E-state index contributed by atoms with van der Waals surface area (Å²) in [5.74, 6) is 1.01. The van der Waals surface area contributed by atoms with Gasteiger partial charge in [0.05, 0.1) is 23.6 Å². The molecule has 0 radical (unpaired) electrons. The number of anilines is 1. The lowest BCUT2D eigenvalue weighted by atomic mass is 9.98. The highest BCUT2D eigenvalue weighted by Gasteiger charge is 2.45. The fraction of sp³-hybridized carbons (Fsp3) is 0.286. The third-order valence-corrected chi connectivity index (χ3v) is 6.91. The van der Waals surface area contributed by atoms with Crippen molar-refractivity contribution in [1.29, 1.82) is 0 Å². The van der Waals surface area contributed by atoms with Gasteiger partial charge in [-0.3, -0.25) is 14.5 Å². The normalized spacial score (nSPS) is 14.9. The van der Waals surface area contributed by atoms with E-state index in [0.717, 1.165) is 11.4 Å². The Kier molecular flexibility index (Phi) is 6.80. The van der Waals surface area contributed by atoms with Crippen LogP contribution in [0.1, 0.15) is 53.5 Å². The van der Waals surface area contributed by atoms with Gasteiger partial charge in [0.25, 0.3) is 5.91 Å². The Bertz CT molecular complexity index is 1540. The number of rotatable bonds is 9. The molecule has 1 atom stereocenters. The van der Waals surface area contributed by atoms with Crippen LogP contribution in [0.25, 0.3) is 11.0 Å². The fourth-order valence-corrected chi connectivity index (χ4v) is 5.51. The molecule has 0 aliphatic carbocycles. The van der Waals surface area contributed by atoms with Crippen molar-refractivity contribution in [2.75, 3.05) is 18.1 Å². The average molecular weight is 518 g/mol. The van der Waals surface area contributed by atoms with Crippen molar-refractivity contribution in [3.63, 3.8) is 0 Å². The Morgan fingerprint density at radius 2 is 1.95 bits per heavy atom. The van der Waals surface area contributed by atoms with Gasteiger partial charge in [-0.2, -0.15) is 0 Å². The molecule has 3 heterocycles. The summed E-state index contributed by atoms with van der Waals surface area (Å²) in [5, 5.41) is 10.3. The van der Waals surface area contributed by atoms with Crippen LogP contribution in [0.15, 0.2) is 64.3 Å². The van der Waals surface area contributed by atoms with E-state index in [-0.39, 0.29) is 16.8 Å². The smallest absolute Gasteiger partial charge is 0.297 e. The van der Waals surface area contributed by atoms with E-state index in [1.165, 1.54) is 16.2 Å². The summed E-state index contributed by atoms with van der Waals surface area (Å²) >= 11 is 1.34. The summed E-state index contributed by atoms with van der Waals surface area (Å²) in [6.45, 7) is 10.5. The van der Waals surface area contributed by atoms with Gasteiger partial charge in [0.2, 0.25) is 10.9 Å². The van der Waals surface area contributed by atoms with E-state index >= 15 is 0 Å². The minimum Gasteiger partial charge on any atom is -0.490 e. The maximum atomic E-state index is 13.8. The Labute approximate surface area is 218 Å². The van der Waals surface area contributed by atoms with Crippen LogP contribution in [-0.2, 0) is 6.42 Å². The highest BCUT2D eigenvalue weighted by Crippen LogP contribution is 2.44. The lowest BCUT2D eigenvalue weighted by Crippen LogP contribution is -2.29. The highest BCUT2D eigenvalue weighted by molar-refractivity contribution is 7.15. The van der Waals surface area contributed by atoms with Crippen LogP contribution in [-0.4, -0.2) is 29.3 Å². The van der Waals surface area contributed by atoms with E-state index in [4.69, 9.17) is 13.9 Å². The van der Waals surface area contributed by atoms with Crippen LogP contribution < -0.4 is 19.8 Å². The number of ether oxygens (including phenoxy) is 2. The monoisotopic (exact) mass is 517 g/mol. The van der Waals surface area contributed by atoms with Crippen molar-refractivity contribution in [3.8, 4) is 11.5 Å². The van der Waals surface area contributed by atoms with Gasteiger partial charge in [0.15, 0.2) is 16.9 Å². The Morgan fingerprint density at radius 3 is 2.70 bits per heavy atom. The number of amides is 1. The second-order valence-electron chi connectivity index (χ2n) is 9.06. The molecule has 5 rings (SSSR count). The van der Waals surface area contributed by atoms with E-state index < -0.39 is 11.9 Å². The van der Waals surface area contributed by atoms with Crippen LogP contribution in [0.5, 0.6) is 11.5 Å². The van der Waals surface area contributed by atoms with Crippen LogP contribution >= 0.6 is 11.3 Å². The Morgan fingerprint density at radius 1 is 1.14 bits per heavy atom. The molecule has 0 fully saturated rings. The second-order valence-corrected chi connectivity index (χ2v) is 10.1. The van der Waals surface area contributed by atoms with Crippen molar-refractivity contribution < 1.29 is 18.7 Å². The topological polar surface area (TPSA) is 94.8 Å². The molecule has 0 saturated heterocycles. The molecule has 4 aromatic rings. The predicted molar refractivity (Wildman–Crippen MR) is 143 cm³/mol. The number of fused-ring (bicyclic) bond motifs is 2. The van der Waals surface area contributed by atoms with Crippen molar-refractivity contribution in [2.24, 2.45) is 5.92 Å². The standard InChI is InChI=1S/C28H27N3O5S/c1-5-13-35-20-12-11-17(15-21(20)34-6-2)24-23-25(32)18-9-7-8-10-19(18)36-26(23)27(33)31(24)28-30-29-22(37-28)14-16(3)4/h5,7-12,15-16,24H,1,6,13-14H2,2-4H3. The third kappa shape index (κ3) is 4.51. The molecule has 1 unspecified atom stereocenters. The Balaban J connectivity index is 1.71. The molecule has 2 aromatic heterocycles. The Hall–Kier alpha value is -3.98. The first kappa shape index (κ1) is 24.7. The molecule has 9 heteroatoms. The van der Waals surface area contributed by atoms with Gasteiger partial charge >= 0.3 is 0 Å². The number of carbonyl (C=O) groups excluding carboxylic acids is 1. The molecule has 190 valence electrons. The molecule has 0 N–H and O–H groups in total. The number of hydrogen-bond donors (Lipinski definition) is 0. The lowest BCUT2D eigenvalue weighted by Gasteiger charge is -2.23. The zero-order chi connectivity index (χ0) is 26.1. The van der Waals surface area contributed by atoms with Gasteiger partial charge in [0.1, 0.15) is 17.2 Å². The SMILES string of the molecule is C=CCOc1ccc(C2c3c(oc4ccccc4c3=O)C(=O)N2c2nnc(CC(C)C)s2)cc1OCC. The summed E-state index contributed by atoms with van der Waals surface area (Å²) in [5.41, 5.74) is 1.05. The largest absolute Gasteiger partial charge is 0.490 e. The summed E-state index contributed by atoms with van der Waals surface area (Å²) in [7, 11) is 0. The molecule has 2 aromatic carbocycles. The van der Waals surface area contributed by atoms with Gasteiger partial charge in [-0.15, -0.1) is 10.2 Å². The van der Waals surface area contributed by atoms with E-state index in [2.05, 4.69) is 30.6 Å². The summed E-state index contributed by atoms with van der Waals surface area (Å²) in [6.07, 6.45) is 2.39. The van der Waals surface area contributed by atoms with Gasteiger partial charge in [0, 0.05) is 6.42 Å². The molecule has 1 aliphatic rings. The van der Waals surface area contributed by atoms with Crippen LogP contribution in [0.2, 0.25) is 0 Å². The molecule has 0 spiro atoms. The van der Waals surface area contributed by atoms with E-state index in [1.807, 2.05) is 13.0 Å². The number of carbonyl (C=O) groups is 1. The molecule has 0 bridgehead atoms. The minimum atomic E-state index is -0.768. The first-order valence-electron chi connectivity index (χ1n) is 12.1. The molecule has 1 aliphatic heterocycles. The van der Waals surface area contributed by atoms with Crippen LogP contribution in [0.3, 0.4) is 0 Å². The predicted octanol–water partition coefficient (Wildman–Crippen LogP) is 5.56. The summed E-state index contributed by atoms with van der Waals surface area (Å²) in [6, 6.07) is 11.6. The first-order valence-corrected chi connectivity index (χ1v) is 13.0.